The van der Waals surface area contributed by atoms with Crippen molar-refractivity contribution in [1.82, 2.24) is 4.57 Å². The van der Waals surface area contributed by atoms with Crippen molar-refractivity contribution in [3.63, 3.8) is 0 Å². The summed E-state index contributed by atoms with van der Waals surface area (Å²) in [5.74, 6) is 0.795. The third-order valence-electron chi connectivity index (χ3n) is 5.52. The number of allylic oxidation sites excluding steroid dienone is 1. The van der Waals surface area contributed by atoms with Crippen LogP contribution in [0.4, 0.5) is 0 Å². The molecule has 4 rings (SSSR count). The van der Waals surface area contributed by atoms with Gasteiger partial charge in [-0.2, -0.15) is 10.5 Å². The summed E-state index contributed by atoms with van der Waals surface area (Å²) in [6, 6.07) is 19.0. The first-order valence-electron chi connectivity index (χ1n) is 11.5. The van der Waals surface area contributed by atoms with Crippen molar-refractivity contribution in [1.29, 1.82) is 10.5 Å². The number of nitriles is 2. The third-order valence-corrected chi connectivity index (χ3v) is 6.63. The molecule has 1 atom stereocenters. The number of nitrogens with zero attached hydrogens (tertiary/aromatic N) is 3. The standard InChI is InChI=1S/C28H26N4O3S/c1-16(2)34-20-9-5-18(6-10-20)13-24-27(33)32-26(31)22(14-29)25(23(15-30)28(32)36-24)19-7-11-21(12-8-19)35-17(3)4/h5-13,16-17,25H,31H2,1-4H3/b24-13-. The van der Waals surface area contributed by atoms with Crippen molar-refractivity contribution >= 4 is 28.8 Å². The fraction of sp³-hybridized carbons (Fsp3) is 0.250. The van der Waals surface area contributed by atoms with Gasteiger partial charge in [0.1, 0.15) is 22.0 Å². The summed E-state index contributed by atoms with van der Waals surface area (Å²) in [5.41, 5.74) is 8.00. The minimum Gasteiger partial charge on any atom is -0.491 e. The second-order valence-corrected chi connectivity index (χ2v) is 9.93. The first-order chi connectivity index (χ1) is 17.2. The number of thiazole rings is 1. The van der Waals surface area contributed by atoms with Gasteiger partial charge in [-0.05, 0) is 69.2 Å². The molecule has 0 bridgehead atoms. The van der Waals surface area contributed by atoms with Crippen LogP contribution in [0.1, 0.15) is 44.7 Å². The van der Waals surface area contributed by atoms with Gasteiger partial charge in [0, 0.05) is 0 Å². The van der Waals surface area contributed by atoms with Crippen LogP contribution in [-0.4, -0.2) is 16.8 Å². The molecule has 0 saturated heterocycles. The van der Waals surface area contributed by atoms with E-state index in [4.69, 9.17) is 15.2 Å². The smallest absolute Gasteiger partial charge is 0.274 e. The van der Waals surface area contributed by atoms with Gasteiger partial charge in [0.05, 0.1) is 45.9 Å². The van der Waals surface area contributed by atoms with Crippen molar-refractivity contribution in [2.75, 3.05) is 0 Å². The molecule has 36 heavy (non-hydrogen) atoms. The fourth-order valence-corrected chi connectivity index (χ4v) is 5.19. The van der Waals surface area contributed by atoms with Gasteiger partial charge < -0.3 is 15.2 Å². The summed E-state index contributed by atoms with van der Waals surface area (Å²) >= 11 is 1.19. The Kier molecular flexibility index (Phi) is 7.00. The molecule has 0 spiro atoms. The number of ether oxygens (including phenoxy) is 2. The predicted octanol–water partition coefficient (Wildman–Crippen LogP) is 3.44. The quantitative estimate of drug-likeness (QED) is 0.557. The SMILES string of the molecule is CC(C)Oc1ccc(/C=c2\sc3n(c2=O)C(N)=C(C#N)C(c2ccc(OC(C)C)cc2)C=3C#N)cc1. The topological polar surface area (TPSA) is 114 Å². The third kappa shape index (κ3) is 4.77. The fourth-order valence-electron chi connectivity index (χ4n) is 4.06. The van der Waals surface area contributed by atoms with Crippen molar-refractivity contribution in [2.45, 2.75) is 45.8 Å². The lowest BCUT2D eigenvalue weighted by molar-refractivity contribution is 0.242. The minimum absolute atomic E-state index is 0.0196. The number of aromatic nitrogens is 1. The maximum absolute atomic E-state index is 13.3. The van der Waals surface area contributed by atoms with Crippen LogP contribution in [0.5, 0.6) is 11.5 Å². The van der Waals surface area contributed by atoms with E-state index in [0.29, 0.717) is 20.5 Å². The summed E-state index contributed by atoms with van der Waals surface area (Å²) < 4.78 is 13.5. The van der Waals surface area contributed by atoms with E-state index in [1.165, 1.54) is 15.9 Å². The molecule has 0 radical (unpaired) electrons. The second-order valence-electron chi connectivity index (χ2n) is 8.90. The average molecular weight is 499 g/mol. The first-order valence-corrected chi connectivity index (χ1v) is 12.4. The molecule has 0 amide bonds. The molecular weight excluding hydrogens is 472 g/mol. The van der Waals surface area contributed by atoms with E-state index in [-0.39, 0.29) is 29.2 Å². The second kappa shape index (κ2) is 10.2. The molecule has 2 aromatic carbocycles. The highest BCUT2D eigenvalue weighted by molar-refractivity contribution is 7.07. The van der Waals surface area contributed by atoms with Crippen LogP contribution in [0.15, 0.2) is 58.9 Å². The van der Waals surface area contributed by atoms with Crippen molar-refractivity contribution in [3.8, 4) is 23.6 Å². The lowest BCUT2D eigenvalue weighted by Crippen LogP contribution is -2.38. The highest BCUT2D eigenvalue weighted by atomic mass is 32.1. The Bertz CT molecular complexity index is 1580. The molecule has 1 aliphatic rings. The number of rotatable bonds is 6. The Morgan fingerprint density at radius 1 is 0.917 bits per heavy atom. The minimum atomic E-state index is -0.675. The van der Waals surface area contributed by atoms with Gasteiger partial charge in [-0.1, -0.05) is 24.3 Å². The molecule has 0 saturated carbocycles. The molecule has 1 aliphatic heterocycles. The molecule has 1 aromatic heterocycles. The van der Waals surface area contributed by atoms with Crippen molar-refractivity contribution in [2.24, 2.45) is 5.73 Å². The predicted molar refractivity (Wildman–Crippen MR) is 141 cm³/mol. The summed E-state index contributed by atoms with van der Waals surface area (Å²) in [4.78, 5) is 13.3. The molecule has 8 heteroatoms. The average Bonchev–Trinajstić information content (AvgIpc) is 3.16. The van der Waals surface area contributed by atoms with Gasteiger partial charge in [-0.25, -0.2) is 0 Å². The highest BCUT2D eigenvalue weighted by Gasteiger charge is 2.32. The molecule has 0 fully saturated rings. The van der Waals surface area contributed by atoms with E-state index in [1.54, 1.807) is 18.2 Å². The van der Waals surface area contributed by atoms with E-state index in [1.807, 2.05) is 64.1 Å². The van der Waals surface area contributed by atoms with Crippen LogP contribution in [0.3, 0.4) is 0 Å². The van der Waals surface area contributed by atoms with Crippen LogP contribution in [0.25, 0.3) is 17.5 Å². The summed E-state index contributed by atoms with van der Waals surface area (Å²) in [7, 11) is 0. The zero-order valence-corrected chi connectivity index (χ0v) is 21.3. The Morgan fingerprint density at radius 3 is 1.94 bits per heavy atom. The van der Waals surface area contributed by atoms with Crippen molar-refractivity contribution < 1.29 is 9.47 Å². The van der Waals surface area contributed by atoms with Crippen LogP contribution < -0.4 is 30.0 Å². The molecule has 7 nitrogen and oxygen atoms in total. The summed E-state index contributed by atoms with van der Waals surface area (Å²) in [6.07, 6.45) is 1.83. The van der Waals surface area contributed by atoms with E-state index >= 15 is 0 Å². The van der Waals surface area contributed by atoms with Gasteiger partial charge in [0.25, 0.3) is 5.56 Å². The van der Waals surface area contributed by atoms with E-state index in [2.05, 4.69) is 12.1 Å². The van der Waals surface area contributed by atoms with Crippen LogP contribution in [-0.2, 0) is 0 Å². The monoisotopic (exact) mass is 498 g/mol. The lowest BCUT2D eigenvalue weighted by Gasteiger charge is -2.22. The van der Waals surface area contributed by atoms with E-state index in [0.717, 1.165) is 16.9 Å². The number of nitrogens with two attached hydrogens (primary N) is 1. The van der Waals surface area contributed by atoms with Crippen LogP contribution >= 0.6 is 11.3 Å². The van der Waals surface area contributed by atoms with Gasteiger partial charge in [-0.3, -0.25) is 9.36 Å². The largest absolute Gasteiger partial charge is 0.491 e. The summed E-state index contributed by atoms with van der Waals surface area (Å²) in [5, 5.41) is 20.1. The van der Waals surface area contributed by atoms with Crippen LogP contribution in [0.2, 0.25) is 0 Å². The van der Waals surface area contributed by atoms with Crippen LogP contribution in [0, 0.1) is 22.7 Å². The summed E-state index contributed by atoms with van der Waals surface area (Å²) in [6.45, 7) is 7.78. The molecular formula is C28H26N4O3S. The number of hydrogen-bond acceptors (Lipinski definition) is 7. The number of fused-ring (bicyclic) bond motifs is 1. The van der Waals surface area contributed by atoms with E-state index in [9.17, 15) is 15.3 Å². The van der Waals surface area contributed by atoms with E-state index < -0.39 is 5.92 Å². The molecule has 0 aliphatic carbocycles. The van der Waals surface area contributed by atoms with Gasteiger partial charge in [0.2, 0.25) is 0 Å². The molecule has 182 valence electrons. The Labute approximate surface area is 213 Å². The first kappa shape index (κ1) is 24.8. The van der Waals surface area contributed by atoms with Gasteiger partial charge in [0.15, 0.2) is 0 Å². The molecule has 3 aromatic rings. The molecule has 1 unspecified atom stereocenters. The molecule has 2 N–H and O–H groups in total. The highest BCUT2D eigenvalue weighted by Crippen LogP contribution is 2.36. The Morgan fingerprint density at radius 2 is 1.44 bits per heavy atom. The zero-order chi connectivity index (χ0) is 26.0. The lowest BCUT2D eigenvalue weighted by atomic mass is 9.84. The zero-order valence-electron chi connectivity index (χ0n) is 20.5. The van der Waals surface area contributed by atoms with Gasteiger partial charge >= 0.3 is 0 Å². The number of benzene rings is 2. The number of hydrogen-bond donors (Lipinski definition) is 1. The maximum Gasteiger partial charge on any atom is 0.274 e. The van der Waals surface area contributed by atoms with Crippen molar-refractivity contribution in [3.05, 3.63) is 84.8 Å². The normalized spacial score (nSPS) is 15.6. The Hall–Kier alpha value is -4.27. The maximum atomic E-state index is 13.3. The Balaban J connectivity index is 1.86. The molecule has 2 heterocycles. The van der Waals surface area contributed by atoms with Gasteiger partial charge in [-0.15, -0.1) is 11.3 Å².